The number of hydrogen-bond donors (Lipinski definition) is 1. The average Bonchev–Trinajstić information content (AvgIpc) is 2.83. The molecule has 2 rings (SSSR count). The summed E-state index contributed by atoms with van der Waals surface area (Å²) >= 11 is 3.31. The molecule has 0 aromatic heterocycles. The van der Waals surface area contributed by atoms with Gasteiger partial charge < -0.3 is 0 Å². The molecule has 1 fully saturated rings. The van der Waals surface area contributed by atoms with Gasteiger partial charge in [-0.05, 0) is 43.4 Å². The van der Waals surface area contributed by atoms with Crippen molar-refractivity contribution >= 4 is 26.0 Å². The van der Waals surface area contributed by atoms with E-state index < -0.39 is 10.0 Å². The van der Waals surface area contributed by atoms with Crippen molar-refractivity contribution < 1.29 is 8.42 Å². The molecule has 1 aliphatic carbocycles. The molecule has 0 bridgehead atoms. The normalized spacial score (nSPS) is 17.2. The van der Waals surface area contributed by atoms with Gasteiger partial charge in [-0.15, -0.1) is 0 Å². The van der Waals surface area contributed by atoms with Crippen molar-refractivity contribution in [1.82, 2.24) is 4.72 Å². The lowest BCUT2D eigenvalue weighted by atomic mass is 10.1. The quantitative estimate of drug-likeness (QED) is 0.920. The highest BCUT2D eigenvalue weighted by atomic mass is 79.9. The van der Waals surface area contributed by atoms with Crippen LogP contribution < -0.4 is 4.72 Å². The van der Waals surface area contributed by atoms with Crippen LogP contribution in [-0.4, -0.2) is 15.0 Å². The topological polar surface area (TPSA) is 46.2 Å². The van der Waals surface area contributed by atoms with Gasteiger partial charge in [0.05, 0.1) is 4.90 Å². The standard InChI is InChI=1S/C13H18BrNO2S/c1-10-6-7-12(14)8-13(10)18(16,17)15-9-11-4-2-3-5-11/h6-8,11,15H,2-5,9H2,1H3. The summed E-state index contributed by atoms with van der Waals surface area (Å²) in [4.78, 5) is 0.370. The molecule has 3 nitrogen and oxygen atoms in total. The zero-order valence-corrected chi connectivity index (χ0v) is 12.9. The van der Waals surface area contributed by atoms with Crippen LogP contribution in [0, 0.1) is 12.8 Å². The Kier molecular flexibility index (Phi) is 4.45. The second-order valence-electron chi connectivity index (χ2n) is 4.91. The maximum absolute atomic E-state index is 12.2. The van der Waals surface area contributed by atoms with Crippen LogP contribution in [0.1, 0.15) is 31.2 Å². The highest BCUT2D eigenvalue weighted by Crippen LogP contribution is 2.25. The van der Waals surface area contributed by atoms with E-state index in [1.54, 1.807) is 6.07 Å². The van der Waals surface area contributed by atoms with Gasteiger partial charge in [-0.2, -0.15) is 0 Å². The molecule has 1 aromatic carbocycles. The smallest absolute Gasteiger partial charge is 0.211 e. The van der Waals surface area contributed by atoms with Crippen LogP contribution in [0.5, 0.6) is 0 Å². The molecule has 0 spiro atoms. The minimum Gasteiger partial charge on any atom is -0.211 e. The second-order valence-corrected chi connectivity index (χ2v) is 7.56. The molecule has 1 aromatic rings. The van der Waals surface area contributed by atoms with Crippen LogP contribution in [0.2, 0.25) is 0 Å². The van der Waals surface area contributed by atoms with Crippen LogP contribution in [0.25, 0.3) is 0 Å². The Labute approximate surface area is 117 Å². The number of sulfonamides is 1. The Morgan fingerprint density at radius 3 is 2.67 bits per heavy atom. The lowest BCUT2D eigenvalue weighted by molar-refractivity contribution is 0.519. The van der Waals surface area contributed by atoms with Crippen molar-refractivity contribution in [3.05, 3.63) is 28.2 Å². The number of rotatable bonds is 4. The van der Waals surface area contributed by atoms with E-state index in [0.717, 1.165) is 22.9 Å². The molecular weight excluding hydrogens is 314 g/mol. The maximum Gasteiger partial charge on any atom is 0.240 e. The van der Waals surface area contributed by atoms with Crippen molar-refractivity contribution in [2.24, 2.45) is 5.92 Å². The monoisotopic (exact) mass is 331 g/mol. The second kappa shape index (κ2) is 5.72. The summed E-state index contributed by atoms with van der Waals surface area (Å²) in [5.74, 6) is 0.507. The first kappa shape index (κ1) is 14.0. The van der Waals surface area contributed by atoms with Crippen molar-refractivity contribution in [3.8, 4) is 0 Å². The summed E-state index contributed by atoms with van der Waals surface area (Å²) in [5, 5.41) is 0. The lowest BCUT2D eigenvalue weighted by Crippen LogP contribution is -2.29. The van der Waals surface area contributed by atoms with Gasteiger partial charge in [-0.1, -0.05) is 34.8 Å². The van der Waals surface area contributed by atoms with E-state index in [1.165, 1.54) is 12.8 Å². The molecule has 0 radical (unpaired) electrons. The summed E-state index contributed by atoms with van der Waals surface area (Å²) in [6.45, 7) is 2.38. The summed E-state index contributed by atoms with van der Waals surface area (Å²) < 4.78 is 28.0. The van der Waals surface area contributed by atoms with Gasteiger partial charge in [0, 0.05) is 11.0 Å². The molecule has 0 aliphatic heterocycles. The van der Waals surface area contributed by atoms with Gasteiger partial charge in [-0.3, -0.25) is 0 Å². The zero-order valence-electron chi connectivity index (χ0n) is 10.4. The van der Waals surface area contributed by atoms with Gasteiger partial charge >= 0.3 is 0 Å². The van der Waals surface area contributed by atoms with E-state index in [0.29, 0.717) is 17.4 Å². The minimum absolute atomic E-state index is 0.370. The molecule has 0 amide bonds. The number of aryl methyl sites for hydroxylation is 1. The van der Waals surface area contributed by atoms with E-state index in [9.17, 15) is 8.42 Å². The summed E-state index contributed by atoms with van der Waals surface area (Å²) in [7, 11) is -3.38. The molecule has 1 N–H and O–H groups in total. The van der Waals surface area contributed by atoms with Gasteiger partial charge in [0.15, 0.2) is 0 Å². The molecule has 0 atom stereocenters. The van der Waals surface area contributed by atoms with Crippen molar-refractivity contribution in [2.75, 3.05) is 6.54 Å². The van der Waals surface area contributed by atoms with Crippen LogP contribution in [0.4, 0.5) is 0 Å². The van der Waals surface area contributed by atoms with Crippen molar-refractivity contribution in [3.63, 3.8) is 0 Å². The van der Waals surface area contributed by atoms with Crippen LogP contribution in [0.15, 0.2) is 27.6 Å². The molecule has 100 valence electrons. The van der Waals surface area contributed by atoms with E-state index in [1.807, 2.05) is 19.1 Å². The van der Waals surface area contributed by atoms with E-state index in [4.69, 9.17) is 0 Å². The number of nitrogens with one attached hydrogen (secondary N) is 1. The third-order valence-corrected chi connectivity index (χ3v) is 5.54. The molecular formula is C13H18BrNO2S. The fourth-order valence-corrected chi connectivity index (χ4v) is 4.28. The van der Waals surface area contributed by atoms with E-state index in [-0.39, 0.29) is 0 Å². The molecule has 0 saturated heterocycles. The van der Waals surface area contributed by atoms with Gasteiger partial charge in [-0.25, -0.2) is 13.1 Å². The first-order valence-electron chi connectivity index (χ1n) is 6.25. The van der Waals surface area contributed by atoms with Gasteiger partial charge in [0.2, 0.25) is 10.0 Å². The van der Waals surface area contributed by atoms with Crippen molar-refractivity contribution in [2.45, 2.75) is 37.5 Å². The van der Waals surface area contributed by atoms with Gasteiger partial charge in [0.1, 0.15) is 0 Å². The molecule has 0 heterocycles. The van der Waals surface area contributed by atoms with Gasteiger partial charge in [0.25, 0.3) is 0 Å². The highest BCUT2D eigenvalue weighted by molar-refractivity contribution is 9.10. The first-order chi connectivity index (χ1) is 8.49. The Hall–Kier alpha value is -0.390. The number of hydrogen-bond acceptors (Lipinski definition) is 2. The molecule has 1 saturated carbocycles. The predicted molar refractivity (Wildman–Crippen MR) is 76.0 cm³/mol. The molecule has 1 aliphatic rings. The number of benzene rings is 1. The first-order valence-corrected chi connectivity index (χ1v) is 8.52. The molecule has 18 heavy (non-hydrogen) atoms. The average molecular weight is 332 g/mol. The fraction of sp³-hybridized carbons (Fsp3) is 0.538. The zero-order chi connectivity index (χ0) is 13.2. The fourth-order valence-electron chi connectivity index (χ4n) is 2.38. The highest BCUT2D eigenvalue weighted by Gasteiger charge is 2.21. The minimum atomic E-state index is -3.38. The maximum atomic E-state index is 12.2. The Morgan fingerprint density at radius 1 is 1.33 bits per heavy atom. The van der Waals surface area contributed by atoms with Crippen LogP contribution in [0.3, 0.4) is 0 Å². The Morgan fingerprint density at radius 2 is 2.00 bits per heavy atom. The van der Waals surface area contributed by atoms with Crippen molar-refractivity contribution in [1.29, 1.82) is 0 Å². The lowest BCUT2D eigenvalue weighted by Gasteiger charge is -2.13. The van der Waals surface area contributed by atoms with E-state index in [2.05, 4.69) is 20.7 Å². The third kappa shape index (κ3) is 3.33. The van der Waals surface area contributed by atoms with E-state index >= 15 is 0 Å². The predicted octanol–water partition coefficient (Wildman–Crippen LogP) is 3.23. The Bertz CT molecular complexity index is 522. The summed E-state index contributed by atoms with van der Waals surface area (Å²) in [6.07, 6.45) is 4.73. The van der Waals surface area contributed by atoms with Crippen LogP contribution >= 0.6 is 15.9 Å². The van der Waals surface area contributed by atoms with Crippen LogP contribution in [-0.2, 0) is 10.0 Å². The molecule has 0 unspecified atom stereocenters. The third-order valence-electron chi connectivity index (χ3n) is 3.48. The Balaban J connectivity index is 2.12. The largest absolute Gasteiger partial charge is 0.240 e. The summed E-state index contributed by atoms with van der Waals surface area (Å²) in [5.41, 5.74) is 0.775. The SMILES string of the molecule is Cc1ccc(Br)cc1S(=O)(=O)NCC1CCCC1. The molecule has 5 heteroatoms. The summed E-state index contributed by atoms with van der Waals surface area (Å²) in [6, 6.07) is 5.33. The number of halogens is 1.